The van der Waals surface area contributed by atoms with Crippen molar-refractivity contribution < 1.29 is 9.90 Å². The fourth-order valence-electron chi connectivity index (χ4n) is 4.97. The summed E-state index contributed by atoms with van der Waals surface area (Å²) in [5.74, 6) is 1.62. The maximum Gasteiger partial charge on any atom is 0.224 e. The topological polar surface area (TPSA) is 94.1 Å². The molecule has 5 rings (SSSR count). The minimum Gasteiger partial charge on any atom is -0.394 e. The summed E-state index contributed by atoms with van der Waals surface area (Å²) in [5.41, 5.74) is 0.922. The summed E-state index contributed by atoms with van der Waals surface area (Å²) in [6, 6.07) is 1.95. The van der Waals surface area contributed by atoms with Gasteiger partial charge < -0.3 is 20.3 Å². The summed E-state index contributed by atoms with van der Waals surface area (Å²) >= 11 is 0. The van der Waals surface area contributed by atoms with Gasteiger partial charge in [0.25, 0.3) is 0 Å². The number of piperidine rings is 1. The van der Waals surface area contributed by atoms with E-state index in [0.717, 1.165) is 62.0 Å². The lowest BCUT2D eigenvalue weighted by molar-refractivity contribution is -0.129. The third-order valence-electron chi connectivity index (χ3n) is 7.02. The number of aliphatic hydroxyl groups excluding tert-OH is 1. The van der Waals surface area contributed by atoms with Crippen molar-refractivity contribution in [3.63, 3.8) is 0 Å². The van der Waals surface area contributed by atoms with Crippen LogP contribution >= 0.6 is 0 Å². The zero-order valence-corrected chi connectivity index (χ0v) is 15.5. The second-order valence-electron chi connectivity index (χ2n) is 8.55. The van der Waals surface area contributed by atoms with E-state index in [0.29, 0.717) is 5.92 Å². The number of aliphatic hydroxyl groups is 1. The molecule has 2 aliphatic carbocycles. The highest BCUT2D eigenvalue weighted by Crippen LogP contribution is 2.56. The molecule has 144 valence electrons. The van der Waals surface area contributed by atoms with Crippen molar-refractivity contribution in [1.82, 2.24) is 20.3 Å². The molecule has 7 heteroatoms. The first kappa shape index (κ1) is 17.0. The molecule has 3 heterocycles. The van der Waals surface area contributed by atoms with Gasteiger partial charge in [-0.15, -0.1) is 0 Å². The molecule has 2 aromatic rings. The Morgan fingerprint density at radius 1 is 1.37 bits per heavy atom. The maximum absolute atomic E-state index is 13.0. The normalized spacial score (nSPS) is 25.4. The number of carbonyl (C=O) groups excluding carboxylic acids is 1. The number of nitrogens with zero attached hydrogens (tertiary/aromatic N) is 3. The van der Waals surface area contributed by atoms with E-state index in [4.69, 9.17) is 0 Å². The predicted molar refractivity (Wildman–Crippen MR) is 102 cm³/mol. The predicted octanol–water partition coefficient (Wildman–Crippen LogP) is 1.84. The summed E-state index contributed by atoms with van der Waals surface area (Å²) < 4.78 is 0. The standard InChI is InChI=1S/C20H27N5O2/c26-10-16(13-2-1-3-13)24-19(27)15-5-9-25(11-20(15)6-7-20)18-14-4-8-21-17(14)22-12-23-18/h4,8,12-13,15-16,26H,1-3,5-7,9-11H2,(H,24,27)(H,21,22,23)/t15-,16?/m1/s1. The zero-order chi connectivity index (χ0) is 18.4. The molecule has 2 atom stereocenters. The Hall–Kier alpha value is -2.15. The smallest absolute Gasteiger partial charge is 0.224 e. The number of H-pyrrole nitrogens is 1. The summed E-state index contributed by atoms with van der Waals surface area (Å²) in [6.07, 6.45) is 9.98. The van der Waals surface area contributed by atoms with Crippen LogP contribution in [0.15, 0.2) is 18.6 Å². The van der Waals surface area contributed by atoms with Gasteiger partial charge in [0.05, 0.1) is 18.0 Å². The Morgan fingerprint density at radius 3 is 2.93 bits per heavy atom. The molecule has 0 radical (unpaired) electrons. The van der Waals surface area contributed by atoms with E-state index >= 15 is 0 Å². The van der Waals surface area contributed by atoms with Gasteiger partial charge in [-0.3, -0.25) is 4.79 Å². The first-order valence-corrected chi connectivity index (χ1v) is 10.1. The van der Waals surface area contributed by atoms with Gasteiger partial charge in [-0.25, -0.2) is 9.97 Å². The highest BCUT2D eigenvalue weighted by Gasteiger charge is 2.55. The van der Waals surface area contributed by atoms with E-state index in [-0.39, 0.29) is 29.9 Å². The Bertz CT molecular complexity index is 842. The van der Waals surface area contributed by atoms with E-state index in [2.05, 4.69) is 25.2 Å². The van der Waals surface area contributed by atoms with Crippen LogP contribution in [0.2, 0.25) is 0 Å². The molecule has 3 aliphatic rings. The minimum atomic E-state index is -0.0681. The molecule has 1 aliphatic heterocycles. The minimum absolute atomic E-state index is 0.0476. The number of amides is 1. The van der Waals surface area contributed by atoms with Crippen molar-refractivity contribution in [3.05, 3.63) is 18.6 Å². The SMILES string of the molecule is O=C(NC(CO)C1CCC1)[C@H]1CCN(c2ncnc3[nH]ccc23)CC12CC2. The second-order valence-corrected chi connectivity index (χ2v) is 8.55. The van der Waals surface area contributed by atoms with Crippen molar-refractivity contribution >= 4 is 22.8 Å². The molecular weight excluding hydrogens is 342 g/mol. The van der Waals surface area contributed by atoms with Crippen LogP contribution in [-0.2, 0) is 4.79 Å². The lowest BCUT2D eigenvalue weighted by Crippen LogP contribution is -2.52. The van der Waals surface area contributed by atoms with Gasteiger partial charge in [-0.1, -0.05) is 6.42 Å². The number of hydrogen-bond acceptors (Lipinski definition) is 5. The molecule has 3 N–H and O–H groups in total. The summed E-state index contributed by atoms with van der Waals surface area (Å²) in [4.78, 5) is 27.3. The fraction of sp³-hybridized carbons (Fsp3) is 0.650. The van der Waals surface area contributed by atoms with Crippen LogP contribution < -0.4 is 10.2 Å². The number of aromatic amines is 1. The van der Waals surface area contributed by atoms with Crippen LogP contribution in [0.1, 0.15) is 38.5 Å². The van der Waals surface area contributed by atoms with Crippen molar-refractivity contribution in [3.8, 4) is 0 Å². The molecular formula is C20H27N5O2. The largest absolute Gasteiger partial charge is 0.394 e. The number of rotatable bonds is 5. The molecule has 1 amide bonds. The number of fused-ring (bicyclic) bond motifs is 1. The van der Waals surface area contributed by atoms with E-state index in [1.54, 1.807) is 6.33 Å². The Kier molecular flexibility index (Phi) is 4.07. The van der Waals surface area contributed by atoms with Gasteiger partial charge >= 0.3 is 0 Å². The first-order valence-electron chi connectivity index (χ1n) is 10.1. The van der Waals surface area contributed by atoms with Gasteiger partial charge in [-0.2, -0.15) is 0 Å². The van der Waals surface area contributed by atoms with E-state index < -0.39 is 0 Å². The van der Waals surface area contributed by atoms with Crippen molar-refractivity contribution in [1.29, 1.82) is 0 Å². The van der Waals surface area contributed by atoms with Gasteiger partial charge in [0.1, 0.15) is 17.8 Å². The third kappa shape index (κ3) is 2.88. The summed E-state index contributed by atoms with van der Waals surface area (Å²) in [6.45, 7) is 1.74. The highest BCUT2D eigenvalue weighted by molar-refractivity contribution is 5.87. The molecule has 2 aromatic heterocycles. The Labute approximate surface area is 158 Å². The lowest BCUT2D eigenvalue weighted by Gasteiger charge is -2.40. The number of nitrogens with one attached hydrogen (secondary N) is 2. The molecule has 7 nitrogen and oxygen atoms in total. The first-order chi connectivity index (χ1) is 13.2. The zero-order valence-electron chi connectivity index (χ0n) is 15.5. The number of aromatic nitrogens is 3. The molecule has 1 unspecified atom stereocenters. The quantitative estimate of drug-likeness (QED) is 0.748. The monoisotopic (exact) mass is 369 g/mol. The molecule has 0 aromatic carbocycles. The van der Waals surface area contributed by atoms with E-state index in [9.17, 15) is 9.90 Å². The average Bonchev–Trinajstić information content (AvgIpc) is 3.21. The van der Waals surface area contributed by atoms with Crippen LogP contribution in [0.4, 0.5) is 5.82 Å². The highest BCUT2D eigenvalue weighted by atomic mass is 16.3. The number of hydrogen-bond donors (Lipinski definition) is 3. The molecule has 0 bridgehead atoms. The molecule has 3 fully saturated rings. The number of anilines is 1. The Balaban J connectivity index is 1.31. The van der Waals surface area contributed by atoms with Crippen LogP contribution in [0.3, 0.4) is 0 Å². The van der Waals surface area contributed by atoms with Gasteiger partial charge in [-0.05, 0) is 49.5 Å². The van der Waals surface area contributed by atoms with Crippen LogP contribution in [0.5, 0.6) is 0 Å². The molecule has 2 saturated carbocycles. The van der Waals surface area contributed by atoms with Crippen LogP contribution in [0, 0.1) is 17.3 Å². The maximum atomic E-state index is 13.0. The van der Waals surface area contributed by atoms with Crippen molar-refractivity contribution in [2.75, 3.05) is 24.6 Å². The molecule has 1 saturated heterocycles. The van der Waals surface area contributed by atoms with Crippen molar-refractivity contribution in [2.24, 2.45) is 17.3 Å². The van der Waals surface area contributed by atoms with Crippen LogP contribution in [0.25, 0.3) is 11.0 Å². The summed E-state index contributed by atoms with van der Waals surface area (Å²) in [7, 11) is 0. The molecule has 27 heavy (non-hydrogen) atoms. The lowest BCUT2D eigenvalue weighted by atomic mass is 9.78. The third-order valence-corrected chi connectivity index (χ3v) is 7.02. The van der Waals surface area contributed by atoms with E-state index in [1.165, 1.54) is 6.42 Å². The van der Waals surface area contributed by atoms with Crippen molar-refractivity contribution in [2.45, 2.75) is 44.6 Å². The van der Waals surface area contributed by atoms with Gasteiger partial charge in [0, 0.05) is 25.2 Å². The van der Waals surface area contributed by atoms with E-state index in [1.807, 2.05) is 12.3 Å². The Morgan fingerprint density at radius 2 is 2.22 bits per heavy atom. The van der Waals surface area contributed by atoms with Crippen LogP contribution in [-0.4, -0.2) is 51.7 Å². The fourth-order valence-corrected chi connectivity index (χ4v) is 4.97. The second kappa shape index (κ2) is 6.48. The number of carbonyl (C=O) groups is 1. The van der Waals surface area contributed by atoms with Gasteiger partial charge in [0.2, 0.25) is 5.91 Å². The summed E-state index contributed by atoms with van der Waals surface area (Å²) in [5, 5.41) is 13.9. The average molecular weight is 369 g/mol. The van der Waals surface area contributed by atoms with Gasteiger partial charge in [0.15, 0.2) is 0 Å². The molecule has 1 spiro atoms.